The van der Waals surface area contributed by atoms with Gasteiger partial charge in [0.1, 0.15) is 17.5 Å². The lowest BCUT2D eigenvalue weighted by atomic mass is 10.0. The second-order valence-electron chi connectivity index (χ2n) is 6.84. The number of hydrogen-bond acceptors (Lipinski definition) is 2. The Morgan fingerprint density at radius 1 is 1.03 bits per heavy atom. The van der Waals surface area contributed by atoms with Crippen molar-refractivity contribution in [1.82, 2.24) is 14.9 Å². The Bertz CT molecular complexity index is 1170. The summed E-state index contributed by atoms with van der Waals surface area (Å²) in [6.45, 7) is 0. The Hall–Kier alpha value is -3.54. The molecule has 1 aromatic heterocycles. The number of aryl methyl sites for hydroxylation is 1. The summed E-state index contributed by atoms with van der Waals surface area (Å²) in [6, 6.07) is 19.7. The highest BCUT2D eigenvalue weighted by atomic mass is 19.1. The van der Waals surface area contributed by atoms with Crippen LogP contribution < -0.4 is 5.32 Å². The van der Waals surface area contributed by atoms with Crippen LogP contribution in [0.2, 0.25) is 0 Å². The van der Waals surface area contributed by atoms with Gasteiger partial charge < -0.3 is 9.88 Å². The minimum atomic E-state index is -0.892. The zero-order chi connectivity index (χ0) is 20.4. The van der Waals surface area contributed by atoms with Gasteiger partial charge in [0.25, 0.3) is 5.91 Å². The first-order valence-corrected chi connectivity index (χ1v) is 9.24. The van der Waals surface area contributed by atoms with Gasteiger partial charge in [0.2, 0.25) is 0 Å². The second-order valence-corrected chi connectivity index (χ2v) is 6.84. The molecule has 1 N–H and O–H groups in total. The number of rotatable bonds is 5. The third-order valence-corrected chi connectivity index (χ3v) is 4.95. The first kappa shape index (κ1) is 18.8. The van der Waals surface area contributed by atoms with Gasteiger partial charge in [-0.15, -0.1) is 0 Å². The van der Waals surface area contributed by atoms with E-state index in [1.165, 1.54) is 0 Å². The molecule has 1 amide bonds. The summed E-state index contributed by atoms with van der Waals surface area (Å²) < 4.78 is 29.2. The van der Waals surface area contributed by atoms with Crippen molar-refractivity contribution in [1.29, 1.82) is 0 Å². The Labute approximate surface area is 166 Å². The molecule has 1 atom stereocenters. The van der Waals surface area contributed by atoms with Gasteiger partial charge in [-0.05, 0) is 29.8 Å². The number of imidazole rings is 1. The molecule has 0 saturated carbocycles. The van der Waals surface area contributed by atoms with Gasteiger partial charge in [-0.1, -0.05) is 42.5 Å². The molecule has 0 unspecified atom stereocenters. The summed E-state index contributed by atoms with van der Waals surface area (Å²) >= 11 is 0. The van der Waals surface area contributed by atoms with Crippen LogP contribution in [-0.2, 0) is 13.5 Å². The molecular formula is C23H19F2N3O. The van der Waals surface area contributed by atoms with Crippen molar-refractivity contribution in [3.63, 3.8) is 0 Å². The van der Waals surface area contributed by atoms with Crippen molar-refractivity contribution in [3.05, 3.63) is 101 Å². The van der Waals surface area contributed by atoms with Crippen molar-refractivity contribution in [2.24, 2.45) is 7.05 Å². The maximum atomic E-state index is 14.1. The smallest absolute Gasteiger partial charge is 0.254 e. The van der Waals surface area contributed by atoms with Gasteiger partial charge in [-0.25, -0.2) is 13.8 Å². The van der Waals surface area contributed by atoms with Crippen molar-refractivity contribution >= 4 is 16.9 Å². The van der Waals surface area contributed by atoms with Crippen LogP contribution >= 0.6 is 0 Å². The molecule has 0 aliphatic rings. The minimum absolute atomic E-state index is 0.197. The summed E-state index contributed by atoms with van der Waals surface area (Å²) in [7, 11) is 1.92. The van der Waals surface area contributed by atoms with Crippen LogP contribution in [0.15, 0.2) is 72.8 Å². The van der Waals surface area contributed by atoms with E-state index in [1.54, 1.807) is 0 Å². The second kappa shape index (κ2) is 7.83. The van der Waals surface area contributed by atoms with E-state index in [-0.39, 0.29) is 5.56 Å². The number of nitrogens with zero attached hydrogens (tertiary/aromatic N) is 2. The first-order chi connectivity index (χ1) is 14.0. The lowest BCUT2D eigenvalue weighted by Crippen LogP contribution is -2.31. The first-order valence-electron chi connectivity index (χ1n) is 9.24. The van der Waals surface area contributed by atoms with Gasteiger partial charge in [0.05, 0.1) is 22.6 Å². The fourth-order valence-corrected chi connectivity index (χ4v) is 3.41. The molecule has 4 rings (SSSR count). The topological polar surface area (TPSA) is 46.9 Å². The predicted octanol–water partition coefficient (Wildman–Crippen LogP) is 4.57. The van der Waals surface area contributed by atoms with E-state index < -0.39 is 23.6 Å². The quantitative estimate of drug-likeness (QED) is 0.542. The van der Waals surface area contributed by atoms with Crippen LogP contribution in [-0.4, -0.2) is 15.5 Å². The van der Waals surface area contributed by atoms with Crippen molar-refractivity contribution in [3.8, 4) is 0 Å². The molecule has 4 nitrogen and oxygen atoms in total. The molecule has 29 heavy (non-hydrogen) atoms. The van der Waals surface area contributed by atoms with E-state index in [4.69, 9.17) is 0 Å². The normalized spacial score (nSPS) is 12.1. The lowest BCUT2D eigenvalue weighted by molar-refractivity contribution is 0.0932. The van der Waals surface area contributed by atoms with E-state index in [9.17, 15) is 13.6 Å². The number of fused-ring (bicyclic) bond motifs is 1. The zero-order valence-corrected chi connectivity index (χ0v) is 15.8. The van der Waals surface area contributed by atoms with Gasteiger partial charge in [-0.3, -0.25) is 4.79 Å². The molecule has 0 aliphatic heterocycles. The molecule has 0 saturated heterocycles. The number of halogens is 2. The largest absolute Gasteiger partial charge is 0.345 e. The molecule has 0 aliphatic carbocycles. The van der Waals surface area contributed by atoms with Crippen LogP contribution in [0.4, 0.5) is 8.78 Å². The predicted molar refractivity (Wildman–Crippen MR) is 107 cm³/mol. The standard InChI is InChI=1S/C23H19F2N3O/c1-28-21-10-6-5-9-19(21)26-22(28)14-20(15-7-3-2-4-8-15)27-23(29)17-12-11-16(24)13-18(17)25/h2-13,20H,14H2,1H3,(H,27,29)/t20-/m1/s1. The number of carbonyl (C=O) groups is 1. The Kier molecular flexibility index (Phi) is 5.08. The minimum Gasteiger partial charge on any atom is -0.345 e. The Balaban J connectivity index is 1.66. The van der Waals surface area contributed by atoms with Gasteiger partial charge >= 0.3 is 0 Å². The summed E-state index contributed by atoms with van der Waals surface area (Å²) in [5.74, 6) is -1.43. The number of benzene rings is 3. The van der Waals surface area contributed by atoms with Crippen molar-refractivity contribution in [2.75, 3.05) is 0 Å². The average molecular weight is 391 g/mol. The molecule has 146 valence electrons. The summed E-state index contributed by atoms with van der Waals surface area (Å²) in [4.78, 5) is 17.4. The highest BCUT2D eigenvalue weighted by Crippen LogP contribution is 2.22. The van der Waals surface area contributed by atoms with Gasteiger partial charge in [0, 0.05) is 19.5 Å². The van der Waals surface area contributed by atoms with E-state index in [1.807, 2.05) is 66.2 Å². The number of nitrogens with one attached hydrogen (secondary N) is 1. The number of aromatic nitrogens is 2. The third kappa shape index (κ3) is 3.87. The van der Waals surface area contributed by atoms with E-state index in [2.05, 4.69) is 10.3 Å². The van der Waals surface area contributed by atoms with Gasteiger partial charge in [0.15, 0.2) is 0 Å². The molecule has 0 spiro atoms. The van der Waals surface area contributed by atoms with Crippen LogP contribution in [0.1, 0.15) is 27.8 Å². The Morgan fingerprint density at radius 3 is 2.48 bits per heavy atom. The number of carbonyl (C=O) groups excluding carboxylic acids is 1. The number of para-hydroxylation sites is 2. The molecule has 1 heterocycles. The highest BCUT2D eigenvalue weighted by Gasteiger charge is 2.21. The van der Waals surface area contributed by atoms with Crippen LogP contribution in [0.3, 0.4) is 0 Å². The molecule has 4 aromatic rings. The molecule has 0 fully saturated rings. The maximum Gasteiger partial charge on any atom is 0.254 e. The van der Waals surface area contributed by atoms with Crippen molar-refractivity contribution in [2.45, 2.75) is 12.5 Å². The average Bonchev–Trinajstić information content (AvgIpc) is 3.04. The molecule has 3 aromatic carbocycles. The summed E-state index contributed by atoms with van der Waals surface area (Å²) in [5, 5.41) is 2.88. The zero-order valence-electron chi connectivity index (χ0n) is 15.8. The summed E-state index contributed by atoms with van der Waals surface area (Å²) in [6.07, 6.45) is 0.420. The molecule has 0 radical (unpaired) electrons. The highest BCUT2D eigenvalue weighted by molar-refractivity contribution is 5.94. The van der Waals surface area contributed by atoms with E-state index >= 15 is 0 Å². The number of hydrogen-bond donors (Lipinski definition) is 1. The van der Waals surface area contributed by atoms with Gasteiger partial charge in [-0.2, -0.15) is 0 Å². The monoisotopic (exact) mass is 391 g/mol. The molecule has 0 bridgehead atoms. The fraction of sp³-hybridized carbons (Fsp3) is 0.130. The van der Waals surface area contributed by atoms with Crippen LogP contribution in [0.5, 0.6) is 0 Å². The third-order valence-electron chi connectivity index (χ3n) is 4.95. The Morgan fingerprint density at radius 2 is 1.76 bits per heavy atom. The van der Waals surface area contributed by atoms with E-state index in [0.717, 1.165) is 34.6 Å². The SMILES string of the molecule is Cn1c(C[C@@H](NC(=O)c2ccc(F)cc2F)c2ccccc2)nc2ccccc21. The van der Waals surface area contributed by atoms with Crippen LogP contribution in [0.25, 0.3) is 11.0 Å². The van der Waals surface area contributed by atoms with Crippen LogP contribution in [0, 0.1) is 11.6 Å². The maximum absolute atomic E-state index is 14.1. The lowest BCUT2D eigenvalue weighted by Gasteiger charge is -2.19. The summed E-state index contributed by atoms with van der Waals surface area (Å²) in [5.41, 5.74) is 2.53. The molecular weight excluding hydrogens is 372 g/mol. The number of amides is 1. The van der Waals surface area contributed by atoms with E-state index in [0.29, 0.717) is 12.5 Å². The molecule has 6 heteroatoms. The fourth-order valence-electron chi connectivity index (χ4n) is 3.41. The van der Waals surface area contributed by atoms with Crippen molar-refractivity contribution < 1.29 is 13.6 Å².